The average molecular weight is 457 g/mol. The number of nitrogens with zero attached hydrogens (tertiary/aromatic N) is 2. The van der Waals surface area contributed by atoms with Crippen LogP contribution in [0.1, 0.15) is 78.4 Å². The second-order valence-corrected chi connectivity index (χ2v) is 9.28. The van der Waals surface area contributed by atoms with Crippen LogP contribution < -0.4 is 5.32 Å². The van der Waals surface area contributed by atoms with Crippen LogP contribution >= 0.6 is 0 Å². The highest BCUT2D eigenvalue weighted by Gasteiger charge is 2.24. The van der Waals surface area contributed by atoms with Gasteiger partial charge in [0, 0.05) is 19.0 Å². The summed E-state index contributed by atoms with van der Waals surface area (Å²) in [5, 5.41) is 3.40. The van der Waals surface area contributed by atoms with Gasteiger partial charge in [0.25, 0.3) is 0 Å². The lowest BCUT2D eigenvalue weighted by Gasteiger charge is -2.33. The Kier molecular flexibility index (Phi) is 13.2. The molecule has 4 heteroatoms. The summed E-state index contributed by atoms with van der Waals surface area (Å²) in [5.41, 5.74) is 8.83. The number of allylic oxidation sites excluding steroid dienone is 6. The first-order chi connectivity index (χ1) is 16.3. The Hall–Kier alpha value is -2.64. The molecule has 0 amide bonds. The SMILES string of the molecule is C#C.C/C=C(\C=NC)c1ccc(/C(C)=C/C2=C(C)N=C(C)[B]2)cc1.CCCC1(C)CCNCC1. The fourth-order valence-corrected chi connectivity index (χ4v) is 4.42. The highest BCUT2D eigenvalue weighted by Crippen LogP contribution is 2.32. The van der Waals surface area contributed by atoms with Crippen LogP contribution in [0.5, 0.6) is 0 Å². The Morgan fingerprint density at radius 3 is 2.21 bits per heavy atom. The van der Waals surface area contributed by atoms with E-state index in [-0.39, 0.29) is 0 Å². The van der Waals surface area contributed by atoms with E-state index in [1.54, 1.807) is 7.05 Å². The van der Waals surface area contributed by atoms with Crippen LogP contribution in [0.15, 0.2) is 57.6 Å². The van der Waals surface area contributed by atoms with Crippen LogP contribution in [0.2, 0.25) is 0 Å². The molecule has 1 aromatic carbocycles. The maximum atomic E-state index is 4.46. The lowest BCUT2D eigenvalue weighted by atomic mass is 9.66. The number of nitrogens with one attached hydrogen (secondary N) is 1. The third kappa shape index (κ3) is 9.31. The molecule has 1 N–H and O–H groups in total. The molecule has 1 aromatic rings. The summed E-state index contributed by atoms with van der Waals surface area (Å²) in [6, 6.07) is 8.61. The molecular weight excluding hydrogens is 413 g/mol. The Labute approximate surface area is 209 Å². The topological polar surface area (TPSA) is 36.8 Å². The molecule has 2 aliphatic heterocycles. The number of benzene rings is 1. The molecule has 2 heterocycles. The molecular formula is C30H43BN3. The van der Waals surface area contributed by atoms with Crippen molar-refractivity contribution in [3.05, 3.63) is 58.7 Å². The monoisotopic (exact) mass is 456 g/mol. The molecule has 0 aliphatic carbocycles. The average Bonchev–Trinajstić information content (AvgIpc) is 3.16. The second kappa shape index (κ2) is 15.3. The van der Waals surface area contributed by atoms with Crippen molar-refractivity contribution in [1.29, 1.82) is 0 Å². The third-order valence-corrected chi connectivity index (χ3v) is 6.42. The van der Waals surface area contributed by atoms with E-state index in [1.165, 1.54) is 60.9 Å². The number of aliphatic imine (C=N–C) groups is 2. The summed E-state index contributed by atoms with van der Waals surface area (Å²) in [5.74, 6) is 0. The first-order valence-electron chi connectivity index (χ1n) is 12.3. The van der Waals surface area contributed by atoms with Gasteiger partial charge in [-0.3, -0.25) is 9.98 Å². The molecule has 1 fully saturated rings. The minimum absolute atomic E-state index is 0.667. The molecule has 2 aliphatic rings. The van der Waals surface area contributed by atoms with Gasteiger partial charge in [-0.2, -0.15) is 0 Å². The molecule has 181 valence electrons. The van der Waals surface area contributed by atoms with Crippen molar-refractivity contribution in [1.82, 2.24) is 5.32 Å². The summed E-state index contributed by atoms with van der Waals surface area (Å²) >= 11 is 0. The molecule has 1 saturated heterocycles. The Bertz CT molecular complexity index is 932. The van der Waals surface area contributed by atoms with E-state index in [4.69, 9.17) is 0 Å². The second-order valence-electron chi connectivity index (χ2n) is 9.28. The van der Waals surface area contributed by atoms with Crippen molar-refractivity contribution in [2.45, 2.75) is 67.2 Å². The largest absolute Gasteiger partial charge is 0.317 e. The molecule has 0 spiro atoms. The molecule has 0 aromatic heterocycles. The van der Waals surface area contributed by atoms with E-state index in [2.05, 4.69) is 99.5 Å². The molecule has 3 rings (SSSR count). The Balaban J connectivity index is 0.000000402. The predicted molar refractivity (Wildman–Crippen MR) is 155 cm³/mol. The maximum Gasteiger partial charge on any atom is 0.213 e. The third-order valence-electron chi connectivity index (χ3n) is 6.42. The summed E-state index contributed by atoms with van der Waals surface area (Å²) < 4.78 is 0. The van der Waals surface area contributed by atoms with E-state index in [0.29, 0.717) is 5.41 Å². The molecule has 0 unspecified atom stereocenters. The zero-order valence-corrected chi connectivity index (χ0v) is 22.4. The van der Waals surface area contributed by atoms with Gasteiger partial charge in [0.05, 0.1) is 0 Å². The first kappa shape index (κ1) is 29.4. The highest BCUT2D eigenvalue weighted by molar-refractivity contribution is 6.82. The van der Waals surface area contributed by atoms with Gasteiger partial charge in [0.2, 0.25) is 7.28 Å². The lowest BCUT2D eigenvalue weighted by molar-refractivity contribution is 0.210. The number of rotatable bonds is 6. The fourth-order valence-electron chi connectivity index (χ4n) is 4.42. The van der Waals surface area contributed by atoms with Crippen molar-refractivity contribution in [3.63, 3.8) is 0 Å². The fraction of sp³-hybridized carbons (Fsp3) is 0.467. The van der Waals surface area contributed by atoms with Gasteiger partial charge in [-0.15, -0.1) is 12.8 Å². The minimum atomic E-state index is 0.667. The predicted octanol–water partition coefficient (Wildman–Crippen LogP) is 6.99. The number of hydrogen-bond donors (Lipinski definition) is 1. The highest BCUT2D eigenvalue weighted by atomic mass is 14.9. The smallest absolute Gasteiger partial charge is 0.213 e. The molecule has 0 atom stereocenters. The minimum Gasteiger partial charge on any atom is -0.317 e. The molecule has 3 nitrogen and oxygen atoms in total. The van der Waals surface area contributed by atoms with Gasteiger partial charge < -0.3 is 5.32 Å². The Morgan fingerprint density at radius 1 is 1.15 bits per heavy atom. The first-order valence-corrected chi connectivity index (χ1v) is 12.3. The van der Waals surface area contributed by atoms with Crippen LogP contribution in [0.4, 0.5) is 0 Å². The van der Waals surface area contributed by atoms with E-state index in [9.17, 15) is 0 Å². The molecule has 0 bridgehead atoms. The van der Waals surface area contributed by atoms with E-state index in [1.807, 2.05) is 20.1 Å². The van der Waals surface area contributed by atoms with Crippen molar-refractivity contribution in [3.8, 4) is 12.8 Å². The molecule has 0 saturated carbocycles. The van der Waals surface area contributed by atoms with Crippen molar-refractivity contribution in [2.24, 2.45) is 15.4 Å². The van der Waals surface area contributed by atoms with Gasteiger partial charge in [-0.05, 0) is 93.3 Å². The van der Waals surface area contributed by atoms with E-state index < -0.39 is 0 Å². The standard InChI is InChI=1S/C19H22BN2.C9H19N.C2H2/c1-6-16(12-21-5)18-9-7-17(8-10-18)13(2)11-19-14(3)22-15(4)20-19;1-3-4-9(2)5-7-10-8-6-9;1-2/h6-12H,1-5H3;10H,3-8H2,1-2H3;1-2H/b13-11+,16-6+,21-12?;;. The normalized spacial score (nSPS) is 17.9. The van der Waals surface area contributed by atoms with Gasteiger partial charge in [-0.25, -0.2) is 0 Å². The van der Waals surface area contributed by atoms with Gasteiger partial charge in [-0.1, -0.05) is 62.2 Å². The summed E-state index contributed by atoms with van der Waals surface area (Å²) in [4.78, 5) is 8.56. The van der Waals surface area contributed by atoms with Crippen LogP contribution in [-0.2, 0) is 0 Å². The van der Waals surface area contributed by atoms with E-state index >= 15 is 0 Å². The van der Waals surface area contributed by atoms with Crippen LogP contribution in [0, 0.1) is 18.3 Å². The van der Waals surface area contributed by atoms with Crippen LogP contribution in [-0.4, -0.2) is 39.2 Å². The summed E-state index contributed by atoms with van der Waals surface area (Å²) in [6.07, 6.45) is 19.7. The summed E-state index contributed by atoms with van der Waals surface area (Å²) in [7, 11) is 3.92. The van der Waals surface area contributed by atoms with Crippen molar-refractivity contribution in [2.75, 3.05) is 20.1 Å². The van der Waals surface area contributed by atoms with Crippen molar-refractivity contribution >= 4 is 30.3 Å². The molecule has 1 radical (unpaired) electrons. The van der Waals surface area contributed by atoms with Crippen LogP contribution in [0.3, 0.4) is 0 Å². The van der Waals surface area contributed by atoms with Gasteiger partial charge in [0.1, 0.15) is 0 Å². The van der Waals surface area contributed by atoms with E-state index in [0.717, 1.165) is 16.9 Å². The zero-order valence-electron chi connectivity index (χ0n) is 22.4. The number of terminal acetylenes is 1. The zero-order chi connectivity index (χ0) is 25.6. The van der Waals surface area contributed by atoms with Gasteiger partial charge >= 0.3 is 0 Å². The summed E-state index contributed by atoms with van der Waals surface area (Å²) in [6.45, 7) is 15.4. The number of piperidine rings is 1. The van der Waals surface area contributed by atoms with Crippen molar-refractivity contribution < 1.29 is 0 Å². The number of hydrogen-bond acceptors (Lipinski definition) is 3. The molecule has 34 heavy (non-hydrogen) atoms. The lowest BCUT2D eigenvalue weighted by Crippen LogP contribution is -2.34. The van der Waals surface area contributed by atoms with Gasteiger partial charge in [0.15, 0.2) is 0 Å². The van der Waals surface area contributed by atoms with Crippen LogP contribution in [0.25, 0.3) is 11.1 Å². The maximum absolute atomic E-state index is 4.46. The quantitative estimate of drug-likeness (QED) is 0.280. The Morgan fingerprint density at radius 2 is 1.74 bits per heavy atom.